The highest BCUT2D eigenvalue weighted by atomic mass is 19.1. The van der Waals surface area contributed by atoms with Crippen LogP contribution in [0.5, 0.6) is 0 Å². The van der Waals surface area contributed by atoms with E-state index < -0.39 is 0 Å². The van der Waals surface area contributed by atoms with E-state index in [-0.39, 0.29) is 29.7 Å². The smallest absolute Gasteiger partial charge is 0.317 e. The predicted octanol–water partition coefficient (Wildman–Crippen LogP) is 1.98. The molecule has 0 radical (unpaired) electrons. The number of nitrogens with one attached hydrogen (secondary N) is 2. The van der Waals surface area contributed by atoms with Crippen LogP contribution in [0.15, 0.2) is 18.2 Å². The summed E-state index contributed by atoms with van der Waals surface area (Å²) in [6.45, 7) is 3.45. The van der Waals surface area contributed by atoms with Crippen LogP contribution in [0.25, 0.3) is 0 Å². The first-order valence-corrected chi connectivity index (χ1v) is 8.15. The van der Waals surface area contributed by atoms with Gasteiger partial charge in [-0.15, -0.1) is 0 Å². The van der Waals surface area contributed by atoms with Gasteiger partial charge in [0.25, 0.3) is 0 Å². The van der Waals surface area contributed by atoms with Crippen molar-refractivity contribution in [3.63, 3.8) is 0 Å². The van der Waals surface area contributed by atoms with E-state index in [9.17, 15) is 14.0 Å². The number of nitrogens with zero attached hydrogens (tertiary/aromatic N) is 1. The summed E-state index contributed by atoms with van der Waals surface area (Å²) in [7, 11) is 0. The summed E-state index contributed by atoms with van der Waals surface area (Å²) in [5.74, 6) is 0.0250. The first-order valence-electron chi connectivity index (χ1n) is 8.15. The van der Waals surface area contributed by atoms with Crippen LogP contribution in [0, 0.1) is 11.7 Å². The van der Waals surface area contributed by atoms with Crippen molar-refractivity contribution in [1.29, 1.82) is 0 Å². The number of rotatable bonds is 1. The van der Waals surface area contributed by atoms with Crippen LogP contribution in [0.3, 0.4) is 0 Å². The molecule has 0 spiro atoms. The van der Waals surface area contributed by atoms with E-state index in [2.05, 4.69) is 17.6 Å². The molecule has 0 aromatic heterocycles. The van der Waals surface area contributed by atoms with Gasteiger partial charge in [-0.25, -0.2) is 9.18 Å². The number of urea groups is 1. The number of hydrogen-bond acceptors (Lipinski definition) is 2. The predicted molar refractivity (Wildman–Crippen MR) is 84.4 cm³/mol. The highest BCUT2D eigenvalue weighted by molar-refractivity contribution is 5.79. The Hall–Kier alpha value is -2.11. The third-order valence-corrected chi connectivity index (χ3v) is 4.79. The Balaban J connectivity index is 1.75. The van der Waals surface area contributed by atoms with Gasteiger partial charge >= 0.3 is 6.03 Å². The number of hydrogen-bond donors (Lipinski definition) is 2. The second kappa shape index (κ2) is 6.56. The van der Waals surface area contributed by atoms with Crippen molar-refractivity contribution in [2.75, 3.05) is 19.6 Å². The fraction of sp³-hybridized carbons (Fsp3) is 0.529. The molecule has 1 aliphatic heterocycles. The van der Waals surface area contributed by atoms with Gasteiger partial charge in [-0.1, -0.05) is 19.1 Å². The molecule has 23 heavy (non-hydrogen) atoms. The topological polar surface area (TPSA) is 61.4 Å². The van der Waals surface area contributed by atoms with Crippen LogP contribution in [-0.2, 0) is 11.2 Å². The SMILES string of the molecule is CC1CCc2c(F)cccc2C1NC(=O)N1CCNC(=O)CC1. The molecule has 5 nitrogen and oxygen atoms in total. The minimum atomic E-state index is -0.196. The second-order valence-electron chi connectivity index (χ2n) is 6.34. The Kier molecular flexibility index (Phi) is 4.50. The van der Waals surface area contributed by atoms with Crippen molar-refractivity contribution >= 4 is 11.9 Å². The Morgan fingerprint density at radius 3 is 3.00 bits per heavy atom. The van der Waals surface area contributed by atoms with E-state index in [0.717, 1.165) is 12.0 Å². The Morgan fingerprint density at radius 1 is 1.35 bits per heavy atom. The summed E-state index contributed by atoms with van der Waals surface area (Å²) < 4.78 is 14.0. The summed E-state index contributed by atoms with van der Waals surface area (Å²) in [5.41, 5.74) is 1.59. The Morgan fingerprint density at radius 2 is 2.17 bits per heavy atom. The molecule has 2 N–H and O–H groups in total. The third-order valence-electron chi connectivity index (χ3n) is 4.79. The Labute approximate surface area is 135 Å². The quantitative estimate of drug-likeness (QED) is 0.831. The van der Waals surface area contributed by atoms with Crippen molar-refractivity contribution in [2.24, 2.45) is 5.92 Å². The van der Waals surface area contributed by atoms with Gasteiger partial charge in [0.15, 0.2) is 0 Å². The maximum atomic E-state index is 14.0. The van der Waals surface area contributed by atoms with Crippen LogP contribution in [0.1, 0.15) is 36.9 Å². The molecule has 1 aromatic rings. The molecule has 3 amide bonds. The van der Waals surface area contributed by atoms with Gasteiger partial charge in [0.2, 0.25) is 5.91 Å². The molecular formula is C17H22FN3O2. The number of fused-ring (bicyclic) bond motifs is 1. The molecule has 1 fully saturated rings. The van der Waals surface area contributed by atoms with Gasteiger partial charge in [-0.2, -0.15) is 0 Å². The molecule has 1 saturated heterocycles. The molecule has 124 valence electrons. The van der Waals surface area contributed by atoms with Gasteiger partial charge in [0.1, 0.15) is 5.82 Å². The number of benzene rings is 1. The van der Waals surface area contributed by atoms with Gasteiger partial charge in [-0.05, 0) is 36.0 Å². The zero-order valence-electron chi connectivity index (χ0n) is 13.3. The zero-order chi connectivity index (χ0) is 16.4. The first kappa shape index (κ1) is 15.8. The molecule has 1 aromatic carbocycles. The summed E-state index contributed by atoms with van der Waals surface area (Å²) in [5, 5.41) is 5.80. The standard InChI is InChI=1S/C17H22FN3O2/c1-11-5-6-12-13(3-2-4-14(12)18)16(11)20-17(23)21-9-7-15(22)19-8-10-21/h2-4,11,16H,5-10H2,1H3,(H,19,22)(H,20,23). The maximum Gasteiger partial charge on any atom is 0.317 e. The highest BCUT2D eigenvalue weighted by Crippen LogP contribution is 2.35. The monoisotopic (exact) mass is 319 g/mol. The molecular weight excluding hydrogens is 297 g/mol. The number of carbonyl (C=O) groups is 2. The van der Waals surface area contributed by atoms with Crippen molar-refractivity contribution in [3.05, 3.63) is 35.1 Å². The van der Waals surface area contributed by atoms with Gasteiger partial charge in [-0.3, -0.25) is 4.79 Å². The minimum absolute atomic E-state index is 0.0289. The lowest BCUT2D eigenvalue weighted by Gasteiger charge is -2.34. The lowest BCUT2D eigenvalue weighted by molar-refractivity contribution is -0.120. The molecule has 2 aliphatic rings. The zero-order valence-corrected chi connectivity index (χ0v) is 13.3. The largest absolute Gasteiger partial charge is 0.354 e. The van der Waals surface area contributed by atoms with Crippen LogP contribution < -0.4 is 10.6 Å². The minimum Gasteiger partial charge on any atom is -0.354 e. The average molecular weight is 319 g/mol. The van der Waals surface area contributed by atoms with Crippen molar-refractivity contribution in [3.8, 4) is 0 Å². The van der Waals surface area contributed by atoms with Gasteiger partial charge in [0, 0.05) is 26.1 Å². The van der Waals surface area contributed by atoms with Crippen LogP contribution in [-0.4, -0.2) is 36.5 Å². The maximum absolute atomic E-state index is 14.0. The molecule has 2 unspecified atom stereocenters. The fourth-order valence-corrected chi connectivity index (χ4v) is 3.39. The molecule has 1 aliphatic carbocycles. The molecule has 3 rings (SSSR count). The normalized spacial score (nSPS) is 24.4. The van der Waals surface area contributed by atoms with Gasteiger partial charge < -0.3 is 15.5 Å². The first-order chi connectivity index (χ1) is 11.1. The van der Waals surface area contributed by atoms with Crippen LogP contribution in [0.4, 0.5) is 9.18 Å². The van der Waals surface area contributed by atoms with Gasteiger partial charge in [0.05, 0.1) is 6.04 Å². The van der Waals surface area contributed by atoms with Crippen molar-refractivity contribution in [2.45, 2.75) is 32.2 Å². The molecule has 6 heteroatoms. The highest BCUT2D eigenvalue weighted by Gasteiger charge is 2.31. The third kappa shape index (κ3) is 3.30. The summed E-state index contributed by atoms with van der Waals surface area (Å²) in [6, 6.07) is 4.69. The summed E-state index contributed by atoms with van der Waals surface area (Å²) in [6.07, 6.45) is 1.87. The van der Waals surface area contributed by atoms with E-state index in [1.165, 1.54) is 6.07 Å². The lowest BCUT2D eigenvalue weighted by Crippen LogP contribution is -2.45. The van der Waals surface area contributed by atoms with E-state index in [0.29, 0.717) is 38.0 Å². The number of amides is 3. The molecule has 1 heterocycles. The van der Waals surface area contributed by atoms with E-state index in [1.807, 2.05) is 6.07 Å². The van der Waals surface area contributed by atoms with E-state index in [4.69, 9.17) is 0 Å². The van der Waals surface area contributed by atoms with Crippen LogP contribution in [0.2, 0.25) is 0 Å². The lowest BCUT2D eigenvalue weighted by atomic mass is 9.80. The molecule has 0 bridgehead atoms. The summed E-state index contributed by atoms with van der Waals surface area (Å²) >= 11 is 0. The Bertz CT molecular complexity index is 620. The number of halogens is 1. The fourth-order valence-electron chi connectivity index (χ4n) is 3.39. The molecule has 0 saturated carbocycles. The van der Waals surface area contributed by atoms with E-state index >= 15 is 0 Å². The summed E-state index contributed by atoms with van der Waals surface area (Å²) in [4.78, 5) is 25.6. The molecule has 2 atom stereocenters. The van der Waals surface area contributed by atoms with Crippen molar-refractivity contribution in [1.82, 2.24) is 15.5 Å². The average Bonchev–Trinajstić information content (AvgIpc) is 2.75. The van der Waals surface area contributed by atoms with E-state index in [1.54, 1.807) is 11.0 Å². The number of carbonyl (C=O) groups excluding carboxylic acids is 2. The second-order valence-corrected chi connectivity index (χ2v) is 6.34. The van der Waals surface area contributed by atoms with Crippen molar-refractivity contribution < 1.29 is 14.0 Å². The van der Waals surface area contributed by atoms with Crippen LogP contribution >= 0.6 is 0 Å².